The van der Waals surface area contributed by atoms with E-state index in [1.807, 2.05) is 0 Å². The molecular formula is C20H13F5NO3P. The molecule has 0 bridgehead atoms. The summed E-state index contributed by atoms with van der Waals surface area (Å²) >= 11 is 0. The summed E-state index contributed by atoms with van der Waals surface area (Å²) in [7, 11) is -4.27. The van der Waals surface area contributed by atoms with Crippen LogP contribution in [0.25, 0.3) is 0 Å². The van der Waals surface area contributed by atoms with Gasteiger partial charge >= 0.3 is 7.75 Å². The highest BCUT2D eigenvalue weighted by Crippen LogP contribution is 2.63. The predicted molar refractivity (Wildman–Crippen MR) is 97.4 cm³/mol. The fraction of sp³-hybridized carbons (Fsp3) is 0.100. The fourth-order valence-corrected chi connectivity index (χ4v) is 4.74. The number of halogens is 5. The van der Waals surface area contributed by atoms with Crippen molar-refractivity contribution in [2.75, 3.05) is 6.54 Å². The third kappa shape index (κ3) is 3.66. The van der Waals surface area contributed by atoms with Gasteiger partial charge in [-0.15, -0.1) is 0 Å². The molecule has 4 rings (SSSR count). The quantitative estimate of drug-likeness (QED) is 0.155. The summed E-state index contributed by atoms with van der Waals surface area (Å²) in [5.41, 5.74) is -1.08. The zero-order chi connectivity index (χ0) is 21.5. The lowest BCUT2D eigenvalue weighted by atomic mass is 10.1. The molecule has 0 amide bonds. The van der Waals surface area contributed by atoms with Gasteiger partial charge in [0, 0.05) is 12.1 Å². The smallest absolute Gasteiger partial charge is 0.404 e. The van der Waals surface area contributed by atoms with Crippen molar-refractivity contribution in [2.45, 2.75) is 6.04 Å². The molecule has 3 aromatic carbocycles. The van der Waals surface area contributed by atoms with Gasteiger partial charge in [-0.25, -0.2) is 26.5 Å². The summed E-state index contributed by atoms with van der Waals surface area (Å²) < 4.78 is 94.4. The van der Waals surface area contributed by atoms with Crippen molar-refractivity contribution in [3.8, 4) is 11.5 Å². The van der Waals surface area contributed by atoms with E-state index in [9.17, 15) is 26.5 Å². The molecular weight excluding hydrogens is 428 g/mol. The standard InChI is InChI=1S/C20H13F5NO3P/c21-16-15(17(22)19(24)20(25)18(16)23)14-11-26(14)30(27,28-12-7-3-1-4-8-12)29-13-9-5-2-6-10-13/h1-10,14H,11H2. The Morgan fingerprint density at radius 3 is 1.53 bits per heavy atom. The number of hydrogen-bond donors (Lipinski definition) is 0. The molecule has 156 valence electrons. The summed E-state index contributed by atoms with van der Waals surface area (Å²) in [4.78, 5) is 0. The minimum atomic E-state index is -4.27. The van der Waals surface area contributed by atoms with E-state index in [-0.39, 0.29) is 18.0 Å². The maximum atomic E-state index is 14.2. The molecule has 1 heterocycles. The highest BCUT2D eigenvalue weighted by molar-refractivity contribution is 7.52. The zero-order valence-electron chi connectivity index (χ0n) is 15.1. The third-order valence-electron chi connectivity index (χ3n) is 4.41. The fourth-order valence-electron chi connectivity index (χ4n) is 2.91. The number of hydrogen-bond acceptors (Lipinski definition) is 3. The van der Waals surface area contributed by atoms with E-state index in [1.165, 1.54) is 24.3 Å². The Morgan fingerprint density at radius 2 is 1.10 bits per heavy atom. The van der Waals surface area contributed by atoms with Crippen LogP contribution in [0.3, 0.4) is 0 Å². The number of nitrogens with zero attached hydrogens (tertiary/aromatic N) is 1. The predicted octanol–water partition coefficient (Wildman–Crippen LogP) is 6.00. The molecule has 1 fully saturated rings. The molecule has 2 unspecified atom stereocenters. The highest BCUT2D eigenvalue weighted by atomic mass is 31.2. The van der Waals surface area contributed by atoms with Crippen LogP contribution in [-0.4, -0.2) is 11.2 Å². The van der Waals surface area contributed by atoms with Crippen LogP contribution in [0.5, 0.6) is 11.5 Å². The van der Waals surface area contributed by atoms with Crippen molar-refractivity contribution in [2.24, 2.45) is 0 Å². The van der Waals surface area contributed by atoms with Crippen LogP contribution in [0.1, 0.15) is 11.6 Å². The van der Waals surface area contributed by atoms with E-state index >= 15 is 0 Å². The average Bonchev–Trinajstić information content (AvgIpc) is 3.54. The normalized spacial score (nSPS) is 18.2. The maximum Gasteiger partial charge on any atom is 0.516 e. The second-order valence-electron chi connectivity index (χ2n) is 6.40. The van der Waals surface area contributed by atoms with Crippen LogP contribution < -0.4 is 9.05 Å². The monoisotopic (exact) mass is 441 g/mol. The van der Waals surface area contributed by atoms with Gasteiger partial charge in [-0.3, -0.25) is 0 Å². The Labute approximate surface area is 168 Å². The van der Waals surface area contributed by atoms with Gasteiger partial charge in [-0.1, -0.05) is 36.4 Å². The lowest BCUT2D eigenvalue weighted by Gasteiger charge is -2.21. The molecule has 0 aliphatic carbocycles. The summed E-state index contributed by atoms with van der Waals surface area (Å²) in [5.74, 6) is -10.1. The van der Waals surface area contributed by atoms with Crippen molar-refractivity contribution in [3.05, 3.63) is 95.3 Å². The van der Waals surface area contributed by atoms with E-state index in [0.717, 1.165) is 4.67 Å². The molecule has 30 heavy (non-hydrogen) atoms. The molecule has 3 aromatic rings. The van der Waals surface area contributed by atoms with E-state index < -0.39 is 48.4 Å². The second kappa shape index (κ2) is 7.74. The minimum Gasteiger partial charge on any atom is -0.404 e. The summed E-state index contributed by atoms with van der Waals surface area (Å²) in [5, 5.41) is 0. The van der Waals surface area contributed by atoms with Crippen LogP contribution in [0, 0.1) is 29.1 Å². The van der Waals surface area contributed by atoms with Crippen LogP contribution in [0.15, 0.2) is 60.7 Å². The lowest BCUT2D eigenvalue weighted by molar-refractivity contribution is 0.339. The Kier molecular flexibility index (Phi) is 5.26. The summed E-state index contributed by atoms with van der Waals surface area (Å²) in [6.45, 7) is -0.296. The first-order valence-corrected chi connectivity index (χ1v) is 10.2. The number of para-hydroxylation sites is 2. The Balaban J connectivity index is 1.71. The topological polar surface area (TPSA) is 38.5 Å². The van der Waals surface area contributed by atoms with E-state index in [4.69, 9.17) is 9.05 Å². The third-order valence-corrected chi connectivity index (χ3v) is 6.36. The van der Waals surface area contributed by atoms with E-state index in [2.05, 4.69) is 0 Å². The molecule has 1 aliphatic rings. The van der Waals surface area contributed by atoms with Gasteiger partial charge in [0.15, 0.2) is 23.3 Å². The van der Waals surface area contributed by atoms with Crippen molar-refractivity contribution in [1.82, 2.24) is 4.67 Å². The maximum absolute atomic E-state index is 14.2. The van der Waals surface area contributed by atoms with E-state index in [1.54, 1.807) is 36.4 Å². The molecule has 0 spiro atoms. The van der Waals surface area contributed by atoms with Gasteiger partial charge in [0.25, 0.3) is 0 Å². The molecule has 10 heteroatoms. The van der Waals surface area contributed by atoms with Gasteiger partial charge in [-0.2, -0.15) is 4.67 Å². The SMILES string of the molecule is O=P(Oc1ccccc1)(Oc1ccccc1)N1CC1c1c(F)c(F)c(F)c(F)c1F. The molecule has 1 aliphatic heterocycles. The summed E-state index contributed by atoms with van der Waals surface area (Å²) in [6.07, 6.45) is 0. The second-order valence-corrected chi connectivity index (χ2v) is 8.21. The molecule has 1 saturated heterocycles. The van der Waals surface area contributed by atoms with Crippen molar-refractivity contribution in [1.29, 1.82) is 0 Å². The molecule has 2 atom stereocenters. The minimum absolute atomic E-state index is 0.139. The van der Waals surface area contributed by atoms with Crippen LogP contribution in [0.4, 0.5) is 22.0 Å². The Bertz CT molecular complexity index is 1060. The Hall–Kier alpha value is -2.90. The number of rotatable bonds is 6. The largest absolute Gasteiger partial charge is 0.516 e. The first kappa shape index (κ1) is 20.4. The van der Waals surface area contributed by atoms with Gasteiger partial charge in [0.05, 0.1) is 6.04 Å². The van der Waals surface area contributed by atoms with Gasteiger partial charge in [-0.05, 0) is 24.3 Å². The van der Waals surface area contributed by atoms with Crippen molar-refractivity contribution < 1.29 is 35.6 Å². The van der Waals surface area contributed by atoms with Gasteiger partial charge < -0.3 is 9.05 Å². The van der Waals surface area contributed by atoms with E-state index in [0.29, 0.717) is 0 Å². The first-order valence-electron chi connectivity index (χ1n) is 8.69. The van der Waals surface area contributed by atoms with Crippen molar-refractivity contribution >= 4 is 7.75 Å². The lowest BCUT2D eigenvalue weighted by Crippen LogP contribution is -2.12. The van der Waals surface area contributed by atoms with Crippen LogP contribution >= 0.6 is 7.75 Å². The summed E-state index contributed by atoms with van der Waals surface area (Å²) in [6, 6.07) is 14.3. The number of benzene rings is 3. The van der Waals surface area contributed by atoms with Crippen LogP contribution in [-0.2, 0) is 4.57 Å². The van der Waals surface area contributed by atoms with Crippen molar-refractivity contribution in [3.63, 3.8) is 0 Å². The van der Waals surface area contributed by atoms with Gasteiger partial charge in [0.1, 0.15) is 11.5 Å². The highest BCUT2D eigenvalue weighted by Gasteiger charge is 2.56. The molecule has 0 saturated carbocycles. The Morgan fingerprint density at radius 1 is 0.700 bits per heavy atom. The zero-order valence-corrected chi connectivity index (χ0v) is 16.0. The molecule has 0 aromatic heterocycles. The first-order chi connectivity index (χ1) is 14.3. The average molecular weight is 441 g/mol. The molecule has 4 nitrogen and oxygen atoms in total. The molecule has 0 N–H and O–H groups in total. The molecule has 0 radical (unpaired) electrons. The van der Waals surface area contributed by atoms with Crippen LogP contribution in [0.2, 0.25) is 0 Å². The van der Waals surface area contributed by atoms with Gasteiger partial charge in [0.2, 0.25) is 5.82 Å².